The van der Waals surface area contributed by atoms with E-state index in [2.05, 4.69) is 15.9 Å². The molecule has 0 N–H and O–H groups in total. The lowest BCUT2D eigenvalue weighted by atomic mass is 10.2. The molecule has 2 aromatic rings. The van der Waals surface area contributed by atoms with Crippen LogP contribution in [0.5, 0.6) is 0 Å². The molecule has 2 saturated heterocycles. The fraction of sp³-hybridized carbons (Fsp3) is 0.316. The summed E-state index contributed by atoms with van der Waals surface area (Å²) in [5, 5.41) is 0. The van der Waals surface area contributed by atoms with Gasteiger partial charge < -0.3 is 4.90 Å². The van der Waals surface area contributed by atoms with Gasteiger partial charge in [-0.05, 0) is 49.7 Å². The molecule has 6 nitrogen and oxygen atoms in total. The fourth-order valence-electron chi connectivity index (χ4n) is 3.57. The number of carbonyl (C=O) groups is 1. The lowest BCUT2D eigenvalue weighted by Crippen LogP contribution is -2.34. The zero-order chi connectivity index (χ0) is 19.2. The van der Waals surface area contributed by atoms with Crippen molar-refractivity contribution in [2.45, 2.75) is 30.4 Å². The van der Waals surface area contributed by atoms with Crippen molar-refractivity contribution in [2.24, 2.45) is 0 Å². The Labute approximate surface area is 167 Å². The van der Waals surface area contributed by atoms with Crippen LogP contribution in [0.2, 0.25) is 0 Å². The van der Waals surface area contributed by atoms with Crippen molar-refractivity contribution in [1.82, 2.24) is 4.90 Å². The van der Waals surface area contributed by atoms with Gasteiger partial charge in [-0.15, -0.1) is 0 Å². The Morgan fingerprint density at radius 2 is 1.70 bits per heavy atom. The third-order valence-electron chi connectivity index (χ3n) is 4.96. The number of rotatable bonds is 4. The molecule has 142 valence electrons. The highest BCUT2D eigenvalue weighted by molar-refractivity contribution is 9.10. The van der Waals surface area contributed by atoms with Gasteiger partial charge in [0.2, 0.25) is 0 Å². The van der Waals surface area contributed by atoms with Crippen LogP contribution in [0.25, 0.3) is 0 Å². The first-order valence-electron chi connectivity index (χ1n) is 8.67. The molecule has 0 aromatic heterocycles. The van der Waals surface area contributed by atoms with Crippen LogP contribution in [-0.2, 0) is 14.3 Å². The van der Waals surface area contributed by atoms with E-state index in [0.29, 0.717) is 13.0 Å². The van der Waals surface area contributed by atoms with Crippen molar-refractivity contribution in [3.63, 3.8) is 0 Å². The van der Waals surface area contributed by atoms with Crippen molar-refractivity contribution in [2.75, 3.05) is 18.0 Å². The normalized spacial score (nSPS) is 22.4. The molecule has 2 fully saturated rings. The van der Waals surface area contributed by atoms with Gasteiger partial charge in [-0.1, -0.05) is 33.6 Å². The maximum absolute atomic E-state index is 12.7. The van der Waals surface area contributed by atoms with E-state index in [0.717, 1.165) is 15.7 Å². The van der Waals surface area contributed by atoms with E-state index >= 15 is 0 Å². The van der Waals surface area contributed by atoms with E-state index < -0.39 is 16.2 Å². The summed E-state index contributed by atoms with van der Waals surface area (Å²) in [5.41, 5.74) is 1.82. The Hall–Kier alpha value is -1.90. The monoisotopic (exact) mass is 450 g/mol. The standard InChI is InChI=1S/C19H19BrN2O4S/c1-13-2-8-18(9-3-13)27(24,25)26-17-10-16-11-21(19(23)22(16)12-17)15-6-4-14(20)5-7-15/h2-9,16-17H,10-12H2,1H3/t16-,17+/m0/s1. The van der Waals surface area contributed by atoms with Crippen LogP contribution in [0.1, 0.15) is 12.0 Å². The first kappa shape index (κ1) is 18.5. The second kappa shape index (κ2) is 6.92. The predicted octanol–water partition coefficient (Wildman–Crippen LogP) is 3.55. The van der Waals surface area contributed by atoms with Crippen LogP contribution in [0.4, 0.5) is 10.5 Å². The number of hydrogen-bond acceptors (Lipinski definition) is 4. The average Bonchev–Trinajstić information content (AvgIpc) is 3.14. The molecule has 2 atom stereocenters. The second-order valence-electron chi connectivity index (χ2n) is 6.90. The summed E-state index contributed by atoms with van der Waals surface area (Å²) in [6, 6.07) is 14.0. The predicted molar refractivity (Wildman–Crippen MR) is 105 cm³/mol. The number of amides is 2. The van der Waals surface area contributed by atoms with E-state index in [1.165, 1.54) is 0 Å². The molecule has 2 aliphatic heterocycles. The van der Waals surface area contributed by atoms with Crippen LogP contribution >= 0.6 is 15.9 Å². The summed E-state index contributed by atoms with van der Waals surface area (Å²) in [6.45, 7) is 2.71. The molecule has 0 bridgehead atoms. The molecule has 27 heavy (non-hydrogen) atoms. The van der Waals surface area contributed by atoms with Crippen LogP contribution in [0, 0.1) is 6.92 Å². The van der Waals surface area contributed by atoms with Gasteiger partial charge in [-0.2, -0.15) is 8.42 Å². The summed E-state index contributed by atoms with van der Waals surface area (Å²) in [4.78, 5) is 16.3. The SMILES string of the molecule is Cc1ccc(S(=O)(=O)O[C@@H]2C[C@H]3CN(c4ccc(Br)cc4)C(=O)N3C2)cc1. The summed E-state index contributed by atoms with van der Waals surface area (Å²) in [5.74, 6) is 0. The number of anilines is 1. The van der Waals surface area contributed by atoms with Crippen LogP contribution in [-0.4, -0.2) is 44.6 Å². The van der Waals surface area contributed by atoms with Gasteiger partial charge in [-0.25, -0.2) is 4.79 Å². The molecule has 0 saturated carbocycles. The Balaban J connectivity index is 1.44. The molecule has 8 heteroatoms. The van der Waals surface area contributed by atoms with Crippen molar-refractivity contribution < 1.29 is 17.4 Å². The van der Waals surface area contributed by atoms with Gasteiger partial charge in [0.1, 0.15) is 0 Å². The van der Waals surface area contributed by atoms with E-state index in [1.807, 2.05) is 31.2 Å². The molecular weight excluding hydrogens is 432 g/mol. The van der Waals surface area contributed by atoms with E-state index in [1.54, 1.807) is 34.1 Å². The van der Waals surface area contributed by atoms with Crippen LogP contribution in [0.15, 0.2) is 57.9 Å². The van der Waals surface area contributed by atoms with Crippen LogP contribution in [0.3, 0.4) is 0 Å². The maximum Gasteiger partial charge on any atom is 0.324 e. The van der Waals surface area contributed by atoms with E-state index in [9.17, 15) is 13.2 Å². The van der Waals surface area contributed by atoms with Gasteiger partial charge in [0, 0.05) is 16.7 Å². The zero-order valence-electron chi connectivity index (χ0n) is 14.7. The number of carbonyl (C=O) groups excluding carboxylic acids is 1. The fourth-order valence-corrected chi connectivity index (χ4v) is 4.91. The Bertz CT molecular complexity index is 960. The Morgan fingerprint density at radius 1 is 1.04 bits per heavy atom. The lowest BCUT2D eigenvalue weighted by molar-refractivity contribution is 0.197. The first-order chi connectivity index (χ1) is 12.8. The quantitative estimate of drug-likeness (QED) is 0.667. The largest absolute Gasteiger partial charge is 0.324 e. The minimum atomic E-state index is -3.84. The highest BCUT2D eigenvalue weighted by Crippen LogP contribution is 2.33. The molecule has 0 unspecified atom stereocenters. The second-order valence-corrected chi connectivity index (χ2v) is 9.38. The van der Waals surface area contributed by atoms with Gasteiger partial charge in [0.05, 0.1) is 23.6 Å². The molecule has 0 radical (unpaired) electrons. The number of urea groups is 1. The van der Waals surface area contributed by atoms with Crippen LogP contribution < -0.4 is 4.90 Å². The Kier molecular flexibility index (Phi) is 4.73. The minimum absolute atomic E-state index is 0.0423. The molecule has 0 spiro atoms. The van der Waals surface area contributed by atoms with Crippen molar-refractivity contribution in [3.05, 3.63) is 58.6 Å². The number of fused-ring (bicyclic) bond motifs is 1. The number of hydrogen-bond donors (Lipinski definition) is 0. The Morgan fingerprint density at radius 3 is 2.33 bits per heavy atom. The lowest BCUT2D eigenvalue weighted by Gasteiger charge is -2.19. The summed E-state index contributed by atoms with van der Waals surface area (Å²) < 4.78 is 31.3. The van der Waals surface area contributed by atoms with Gasteiger partial charge in [0.25, 0.3) is 10.1 Å². The molecule has 4 rings (SSSR count). The number of aryl methyl sites for hydroxylation is 1. The molecule has 2 amide bonds. The third kappa shape index (κ3) is 3.61. The third-order valence-corrected chi connectivity index (χ3v) is 6.86. The molecule has 2 aromatic carbocycles. The highest BCUT2D eigenvalue weighted by atomic mass is 79.9. The molecular formula is C19H19BrN2O4S. The summed E-state index contributed by atoms with van der Waals surface area (Å²) in [6.07, 6.45) is -0.0125. The minimum Gasteiger partial charge on any atom is -0.317 e. The molecule has 2 aliphatic rings. The van der Waals surface area contributed by atoms with Gasteiger partial charge in [-0.3, -0.25) is 9.08 Å². The molecule has 0 aliphatic carbocycles. The van der Waals surface area contributed by atoms with Gasteiger partial charge >= 0.3 is 6.03 Å². The highest BCUT2D eigenvalue weighted by Gasteiger charge is 2.46. The van der Waals surface area contributed by atoms with Crippen molar-refractivity contribution in [1.29, 1.82) is 0 Å². The van der Waals surface area contributed by atoms with Crippen molar-refractivity contribution in [3.8, 4) is 0 Å². The average molecular weight is 451 g/mol. The summed E-state index contributed by atoms with van der Waals surface area (Å²) in [7, 11) is -3.84. The van der Waals surface area contributed by atoms with Crippen molar-refractivity contribution >= 4 is 37.8 Å². The van der Waals surface area contributed by atoms with E-state index in [-0.39, 0.29) is 23.5 Å². The maximum atomic E-state index is 12.7. The van der Waals surface area contributed by atoms with Gasteiger partial charge in [0.15, 0.2) is 0 Å². The first-order valence-corrected chi connectivity index (χ1v) is 10.9. The molecule has 2 heterocycles. The zero-order valence-corrected chi connectivity index (χ0v) is 17.1. The van der Waals surface area contributed by atoms with E-state index in [4.69, 9.17) is 4.18 Å². The topological polar surface area (TPSA) is 66.9 Å². The smallest absolute Gasteiger partial charge is 0.317 e. The number of benzene rings is 2. The number of halogens is 1. The number of nitrogens with zero attached hydrogens (tertiary/aromatic N) is 2. The summed E-state index contributed by atoms with van der Waals surface area (Å²) >= 11 is 3.39.